The van der Waals surface area contributed by atoms with Gasteiger partial charge >= 0.3 is 0 Å². The summed E-state index contributed by atoms with van der Waals surface area (Å²) in [5, 5.41) is 12.8. The summed E-state index contributed by atoms with van der Waals surface area (Å²) in [6.07, 6.45) is 5.79. The van der Waals surface area contributed by atoms with Crippen molar-refractivity contribution in [3.63, 3.8) is 0 Å². The molecule has 0 spiro atoms. The molecule has 1 aliphatic rings. The third kappa shape index (κ3) is 3.57. The summed E-state index contributed by atoms with van der Waals surface area (Å²) in [5.41, 5.74) is 0. The second-order valence-electron chi connectivity index (χ2n) is 5.41. The molecule has 3 unspecified atom stereocenters. The molecule has 0 aliphatic heterocycles. The molecule has 18 heavy (non-hydrogen) atoms. The highest BCUT2D eigenvalue weighted by molar-refractivity contribution is 7.11. The first-order chi connectivity index (χ1) is 8.69. The largest absolute Gasteiger partial charge is 0.310 e. The van der Waals surface area contributed by atoms with Crippen molar-refractivity contribution in [2.24, 2.45) is 5.92 Å². The van der Waals surface area contributed by atoms with Gasteiger partial charge in [-0.05, 0) is 45.2 Å². The summed E-state index contributed by atoms with van der Waals surface area (Å²) < 4.78 is 0. The van der Waals surface area contributed by atoms with Crippen LogP contribution in [0.5, 0.6) is 0 Å². The average Bonchev–Trinajstić information content (AvgIpc) is 2.75. The van der Waals surface area contributed by atoms with Crippen LogP contribution in [0, 0.1) is 24.2 Å². The van der Waals surface area contributed by atoms with Gasteiger partial charge in [0.2, 0.25) is 0 Å². The predicted octanol–water partition coefficient (Wildman–Crippen LogP) is 3.66. The molecule has 0 bridgehead atoms. The monoisotopic (exact) mass is 262 g/mol. The highest BCUT2D eigenvalue weighted by atomic mass is 32.1. The Balaban J connectivity index is 1.86. The minimum Gasteiger partial charge on any atom is -0.310 e. The SMILES string of the molecule is Cc1ccc(CC(C)NC2CCCCC2C#N)s1. The van der Waals surface area contributed by atoms with Crippen molar-refractivity contribution in [2.45, 2.75) is 58.0 Å². The van der Waals surface area contributed by atoms with Gasteiger partial charge in [0, 0.05) is 21.8 Å². The van der Waals surface area contributed by atoms with E-state index in [2.05, 4.69) is 37.4 Å². The molecule has 1 aliphatic carbocycles. The highest BCUT2D eigenvalue weighted by Crippen LogP contribution is 2.25. The molecule has 2 nitrogen and oxygen atoms in total. The van der Waals surface area contributed by atoms with Gasteiger partial charge in [0.05, 0.1) is 12.0 Å². The van der Waals surface area contributed by atoms with Crippen molar-refractivity contribution in [1.29, 1.82) is 5.26 Å². The Labute approximate surface area is 114 Å². The zero-order valence-electron chi connectivity index (χ0n) is 11.3. The van der Waals surface area contributed by atoms with Crippen LogP contribution in [0.25, 0.3) is 0 Å². The fourth-order valence-electron chi connectivity index (χ4n) is 2.81. The maximum absolute atomic E-state index is 9.18. The second kappa shape index (κ2) is 6.36. The van der Waals surface area contributed by atoms with Crippen LogP contribution < -0.4 is 5.32 Å². The van der Waals surface area contributed by atoms with Crippen LogP contribution in [0.2, 0.25) is 0 Å². The number of nitrogens with one attached hydrogen (secondary N) is 1. The minimum atomic E-state index is 0.214. The Morgan fingerprint density at radius 1 is 1.44 bits per heavy atom. The van der Waals surface area contributed by atoms with Gasteiger partial charge in [0.25, 0.3) is 0 Å². The molecule has 0 saturated heterocycles. The molecule has 0 aromatic carbocycles. The molecular weight excluding hydrogens is 240 g/mol. The van der Waals surface area contributed by atoms with Gasteiger partial charge < -0.3 is 5.32 Å². The van der Waals surface area contributed by atoms with Crippen LogP contribution >= 0.6 is 11.3 Å². The van der Waals surface area contributed by atoms with Crippen molar-refractivity contribution in [3.05, 3.63) is 21.9 Å². The van der Waals surface area contributed by atoms with E-state index in [0.29, 0.717) is 12.1 Å². The van der Waals surface area contributed by atoms with E-state index in [4.69, 9.17) is 0 Å². The van der Waals surface area contributed by atoms with E-state index in [1.807, 2.05) is 11.3 Å². The number of thiophene rings is 1. The van der Waals surface area contributed by atoms with Gasteiger partial charge in [-0.15, -0.1) is 11.3 Å². The third-order valence-corrected chi connectivity index (χ3v) is 4.76. The molecule has 1 aromatic heterocycles. The zero-order valence-corrected chi connectivity index (χ0v) is 12.1. The number of aryl methyl sites for hydroxylation is 1. The van der Waals surface area contributed by atoms with Crippen LogP contribution in [0.3, 0.4) is 0 Å². The number of nitrogens with zero attached hydrogens (tertiary/aromatic N) is 1. The number of hydrogen-bond donors (Lipinski definition) is 1. The Bertz CT molecular complexity index is 418. The molecule has 3 heteroatoms. The zero-order chi connectivity index (χ0) is 13.0. The summed E-state index contributed by atoms with van der Waals surface area (Å²) in [6, 6.07) is 7.74. The van der Waals surface area contributed by atoms with Gasteiger partial charge in [-0.2, -0.15) is 5.26 Å². The molecule has 0 radical (unpaired) electrons. The number of hydrogen-bond acceptors (Lipinski definition) is 3. The number of rotatable bonds is 4. The number of nitriles is 1. The first-order valence-electron chi connectivity index (χ1n) is 6.90. The fourth-order valence-corrected chi connectivity index (χ4v) is 3.82. The van der Waals surface area contributed by atoms with E-state index >= 15 is 0 Å². The summed E-state index contributed by atoms with van der Waals surface area (Å²) in [6.45, 7) is 4.39. The summed E-state index contributed by atoms with van der Waals surface area (Å²) >= 11 is 1.88. The molecular formula is C15H22N2S. The smallest absolute Gasteiger partial charge is 0.0672 e. The van der Waals surface area contributed by atoms with E-state index in [1.54, 1.807) is 0 Å². The first kappa shape index (κ1) is 13.6. The quantitative estimate of drug-likeness (QED) is 0.899. The van der Waals surface area contributed by atoms with E-state index in [1.165, 1.54) is 22.6 Å². The van der Waals surface area contributed by atoms with Crippen LogP contribution in [0.15, 0.2) is 12.1 Å². The lowest BCUT2D eigenvalue weighted by atomic mass is 9.85. The summed E-state index contributed by atoms with van der Waals surface area (Å²) in [5.74, 6) is 0.214. The molecule has 0 amide bonds. The lowest BCUT2D eigenvalue weighted by molar-refractivity contribution is 0.290. The van der Waals surface area contributed by atoms with Gasteiger partial charge in [-0.1, -0.05) is 12.8 Å². The standard InChI is InChI=1S/C15H22N2S/c1-11(9-14-8-7-12(2)18-14)17-15-6-4-3-5-13(15)10-16/h7-8,11,13,15,17H,3-6,9H2,1-2H3. The van der Waals surface area contributed by atoms with Gasteiger partial charge in [0.1, 0.15) is 0 Å². The van der Waals surface area contributed by atoms with Crippen molar-refractivity contribution >= 4 is 11.3 Å². The maximum Gasteiger partial charge on any atom is 0.0672 e. The summed E-state index contributed by atoms with van der Waals surface area (Å²) in [4.78, 5) is 2.82. The van der Waals surface area contributed by atoms with Crippen molar-refractivity contribution in [3.8, 4) is 6.07 Å². The van der Waals surface area contributed by atoms with Crippen LogP contribution in [-0.4, -0.2) is 12.1 Å². The van der Waals surface area contributed by atoms with E-state index in [-0.39, 0.29) is 5.92 Å². The molecule has 98 valence electrons. The van der Waals surface area contributed by atoms with Crippen LogP contribution in [0.4, 0.5) is 0 Å². The lowest BCUT2D eigenvalue weighted by Gasteiger charge is -2.30. The lowest BCUT2D eigenvalue weighted by Crippen LogP contribution is -2.43. The van der Waals surface area contributed by atoms with Crippen molar-refractivity contribution in [2.75, 3.05) is 0 Å². The third-order valence-electron chi connectivity index (χ3n) is 3.73. The maximum atomic E-state index is 9.18. The molecule has 1 fully saturated rings. The molecule has 1 heterocycles. The van der Waals surface area contributed by atoms with Crippen LogP contribution in [-0.2, 0) is 6.42 Å². The molecule has 2 rings (SSSR count). The van der Waals surface area contributed by atoms with Gasteiger partial charge in [0.15, 0.2) is 0 Å². The predicted molar refractivity (Wildman–Crippen MR) is 76.7 cm³/mol. The van der Waals surface area contributed by atoms with E-state index in [0.717, 1.165) is 19.3 Å². The average molecular weight is 262 g/mol. The Hall–Kier alpha value is -0.850. The summed E-state index contributed by atoms with van der Waals surface area (Å²) in [7, 11) is 0. The first-order valence-corrected chi connectivity index (χ1v) is 7.71. The Morgan fingerprint density at radius 3 is 2.89 bits per heavy atom. The van der Waals surface area contributed by atoms with Crippen molar-refractivity contribution in [1.82, 2.24) is 5.32 Å². The van der Waals surface area contributed by atoms with Crippen LogP contribution in [0.1, 0.15) is 42.4 Å². The van der Waals surface area contributed by atoms with Gasteiger partial charge in [-0.3, -0.25) is 0 Å². The van der Waals surface area contributed by atoms with Gasteiger partial charge in [-0.25, -0.2) is 0 Å². The Kier molecular flexibility index (Phi) is 4.79. The molecule has 3 atom stereocenters. The topological polar surface area (TPSA) is 35.8 Å². The fraction of sp³-hybridized carbons (Fsp3) is 0.667. The minimum absolute atomic E-state index is 0.214. The van der Waals surface area contributed by atoms with Crippen molar-refractivity contribution < 1.29 is 0 Å². The highest BCUT2D eigenvalue weighted by Gasteiger charge is 2.25. The van der Waals surface area contributed by atoms with E-state index in [9.17, 15) is 5.26 Å². The van der Waals surface area contributed by atoms with E-state index < -0.39 is 0 Å². The second-order valence-corrected chi connectivity index (χ2v) is 6.78. The normalized spacial score (nSPS) is 25.6. The Morgan fingerprint density at radius 2 is 2.22 bits per heavy atom. The molecule has 1 saturated carbocycles. The molecule has 1 N–H and O–H groups in total. The molecule has 1 aromatic rings.